The molecule has 6 heteroatoms. The standard InChI is InChI=1S/C13H15N5O/c14-13-16-8-18(17-13)7-12(19)15-6-10-5-9-3-1-2-4-11(9)10/h1-4,8,10H,5-7H2,(H2,14,17)(H,15,19). The Morgan fingerprint density at radius 3 is 3.05 bits per heavy atom. The molecule has 0 aliphatic heterocycles. The first kappa shape index (κ1) is 11.7. The van der Waals surface area contributed by atoms with Gasteiger partial charge in [-0.1, -0.05) is 24.3 Å². The largest absolute Gasteiger partial charge is 0.367 e. The highest BCUT2D eigenvalue weighted by atomic mass is 16.2. The van der Waals surface area contributed by atoms with Crippen molar-refractivity contribution in [1.29, 1.82) is 0 Å². The quantitative estimate of drug-likeness (QED) is 0.825. The van der Waals surface area contributed by atoms with E-state index in [1.165, 1.54) is 22.1 Å². The van der Waals surface area contributed by atoms with E-state index in [0.717, 1.165) is 6.42 Å². The van der Waals surface area contributed by atoms with Gasteiger partial charge in [-0.15, -0.1) is 5.10 Å². The number of nitrogens with two attached hydrogens (primary N) is 1. The van der Waals surface area contributed by atoms with Crippen LogP contribution >= 0.6 is 0 Å². The fourth-order valence-corrected chi connectivity index (χ4v) is 2.37. The van der Waals surface area contributed by atoms with Crippen LogP contribution in [0.15, 0.2) is 30.6 Å². The number of aromatic nitrogens is 3. The average Bonchev–Trinajstić information content (AvgIpc) is 2.76. The van der Waals surface area contributed by atoms with Crippen molar-refractivity contribution in [2.75, 3.05) is 12.3 Å². The van der Waals surface area contributed by atoms with Crippen LogP contribution in [0.25, 0.3) is 0 Å². The third kappa shape index (κ3) is 2.42. The molecule has 1 aliphatic rings. The van der Waals surface area contributed by atoms with E-state index >= 15 is 0 Å². The van der Waals surface area contributed by atoms with Gasteiger partial charge in [-0.2, -0.15) is 0 Å². The van der Waals surface area contributed by atoms with E-state index in [-0.39, 0.29) is 18.4 Å². The number of fused-ring (bicyclic) bond motifs is 1. The highest BCUT2D eigenvalue weighted by Gasteiger charge is 2.25. The third-order valence-corrected chi connectivity index (χ3v) is 3.37. The molecule has 0 saturated carbocycles. The molecule has 0 bridgehead atoms. The summed E-state index contributed by atoms with van der Waals surface area (Å²) < 4.78 is 1.43. The Morgan fingerprint density at radius 1 is 1.47 bits per heavy atom. The number of nitrogens with zero attached hydrogens (tertiary/aromatic N) is 3. The zero-order valence-corrected chi connectivity index (χ0v) is 10.4. The van der Waals surface area contributed by atoms with Gasteiger partial charge in [-0.25, -0.2) is 9.67 Å². The molecule has 1 aliphatic carbocycles. The van der Waals surface area contributed by atoms with Crippen molar-refractivity contribution in [2.45, 2.75) is 18.9 Å². The van der Waals surface area contributed by atoms with E-state index in [9.17, 15) is 4.79 Å². The van der Waals surface area contributed by atoms with Gasteiger partial charge in [-0.05, 0) is 17.5 Å². The molecular formula is C13H15N5O. The molecule has 0 saturated heterocycles. The minimum Gasteiger partial charge on any atom is -0.367 e. The molecule has 0 radical (unpaired) electrons. The molecule has 1 heterocycles. The Kier molecular flexibility index (Phi) is 2.91. The monoisotopic (exact) mass is 257 g/mol. The van der Waals surface area contributed by atoms with Gasteiger partial charge in [0, 0.05) is 12.5 Å². The number of rotatable bonds is 4. The molecule has 1 unspecified atom stereocenters. The summed E-state index contributed by atoms with van der Waals surface area (Å²) in [4.78, 5) is 15.5. The Bertz CT molecular complexity index is 607. The van der Waals surface area contributed by atoms with Crippen molar-refractivity contribution in [3.8, 4) is 0 Å². The van der Waals surface area contributed by atoms with Crippen molar-refractivity contribution in [3.63, 3.8) is 0 Å². The van der Waals surface area contributed by atoms with Gasteiger partial charge >= 0.3 is 0 Å². The molecule has 2 aromatic rings. The summed E-state index contributed by atoms with van der Waals surface area (Å²) in [7, 11) is 0. The summed E-state index contributed by atoms with van der Waals surface area (Å²) in [5.41, 5.74) is 8.11. The maximum absolute atomic E-state index is 11.7. The topological polar surface area (TPSA) is 85.8 Å². The van der Waals surface area contributed by atoms with Crippen molar-refractivity contribution in [3.05, 3.63) is 41.7 Å². The summed E-state index contributed by atoms with van der Waals surface area (Å²) >= 11 is 0. The van der Waals surface area contributed by atoms with Crippen LogP contribution in [0.5, 0.6) is 0 Å². The minimum absolute atomic E-state index is 0.0747. The molecule has 1 amide bonds. The Labute approximate surface area is 110 Å². The maximum atomic E-state index is 11.7. The molecule has 1 aromatic heterocycles. The Hall–Kier alpha value is -2.37. The van der Waals surface area contributed by atoms with Gasteiger partial charge < -0.3 is 11.1 Å². The predicted molar refractivity (Wildman–Crippen MR) is 70.3 cm³/mol. The Morgan fingerprint density at radius 2 is 2.32 bits per heavy atom. The molecule has 0 spiro atoms. The second-order valence-corrected chi connectivity index (χ2v) is 4.70. The first-order valence-corrected chi connectivity index (χ1v) is 6.22. The lowest BCUT2D eigenvalue weighted by atomic mass is 9.77. The summed E-state index contributed by atoms with van der Waals surface area (Å²) in [6.07, 6.45) is 2.49. The zero-order valence-electron chi connectivity index (χ0n) is 10.4. The number of hydrogen-bond donors (Lipinski definition) is 2. The lowest BCUT2D eigenvalue weighted by molar-refractivity contribution is -0.121. The summed E-state index contributed by atoms with van der Waals surface area (Å²) in [5, 5.41) is 6.79. The highest BCUT2D eigenvalue weighted by molar-refractivity contribution is 5.75. The van der Waals surface area contributed by atoms with E-state index < -0.39 is 0 Å². The molecule has 3 rings (SSSR count). The molecule has 98 valence electrons. The normalized spacial score (nSPS) is 16.5. The Balaban J connectivity index is 1.50. The van der Waals surface area contributed by atoms with E-state index in [2.05, 4.69) is 27.5 Å². The molecule has 0 fully saturated rings. The van der Waals surface area contributed by atoms with Gasteiger partial charge in [0.1, 0.15) is 12.9 Å². The van der Waals surface area contributed by atoms with E-state index in [4.69, 9.17) is 5.73 Å². The number of hydrogen-bond acceptors (Lipinski definition) is 4. The van der Waals surface area contributed by atoms with Gasteiger partial charge in [-0.3, -0.25) is 4.79 Å². The number of anilines is 1. The van der Waals surface area contributed by atoms with Crippen LogP contribution in [0.4, 0.5) is 5.95 Å². The molecule has 1 aromatic carbocycles. The lowest BCUT2D eigenvalue weighted by Crippen LogP contribution is -2.35. The first-order chi connectivity index (χ1) is 9.22. The molecule has 1 atom stereocenters. The number of carbonyl (C=O) groups excluding carboxylic acids is 1. The van der Waals surface area contributed by atoms with E-state index in [1.54, 1.807) is 0 Å². The summed E-state index contributed by atoms with van der Waals surface area (Å²) in [5.74, 6) is 0.538. The van der Waals surface area contributed by atoms with Gasteiger partial charge in [0.25, 0.3) is 0 Å². The van der Waals surface area contributed by atoms with Gasteiger partial charge in [0.2, 0.25) is 11.9 Å². The van der Waals surface area contributed by atoms with Crippen LogP contribution in [-0.4, -0.2) is 27.2 Å². The summed E-state index contributed by atoms with van der Waals surface area (Å²) in [6.45, 7) is 0.818. The maximum Gasteiger partial charge on any atom is 0.241 e. The average molecular weight is 257 g/mol. The zero-order chi connectivity index (χ0) is 13.2. The van der Waals surface area contributed by atoms with Crippen LogP contribution < -0.4 is 11.1 Å². The molecular weight excluding hydrogens is 242 g/mol. The minimum atomic E-state index is -0.0747. The van der Waals surface area contributed by atoms with Gasteiger partial charge in [0.05, 0.1) is 0 Å². The van der Waals surface area contributed by atoms with Crippen molar-refractivity contribution in [1.82, 2.24) is 20.1 Å². The van der Waals surface area contributed by atoms with Crippen LogP contribution in [0.2, 0.25) is 0 Å². The number of amides is 1. The SMILES string of the molecule is Nc1ncn(CC(=O)NCC2Cc3ccccc32)n1. The third-order valence-electron chi connectivity index (χ3n) is 3.37. The van der Waals surface area contributed by atoms with E-state index in [0.29, 0.717) is 12.5 Å². The summed E-state index contributed by atoms with van der Waals surface area (Å²) in [6, 6.07) is 8.33. The lowest BCUT2D eigenvalue weighted by Gasteiger charge is -2.30. The first-order valence-electron chi connectivity index (χ1n) is 6.22. The second-order valence-electron chi connectivity index (χ2n) is 4.70. The number of nitrogens with one attached hydrogen (secondary N) is 1. The van der Waals surface area contributed by atoms with E-state index in [1.807, 2.05) is 12.1 Å². The number of benzene rings is 1. The van der Waals surface area contributed by atoms with Crippen LogP contribution in [-0.2, 0) is 17.8 Å². The molecule has 3 N–H and O–H groups in total. The fourth-order valence-electron chi connectivity index (χ4n) is 2.37. The molecule has 19 heavy (non-hydrogen) atoms. The van der Waals surface area contributed by atoms with Gasteiger partial charge in [0.15, 0.2) is 0 Å². The fraction of sp³-hybridized carbons (Fsp3) is 0.308. The molecule has 6 nitrogen and oxygen atoms in total. The van der Waals surface area contributed by atoms with Crippen molar-refractivity contribution < 1.29 is 4.79 Å². The van der Waals surface area contributed by atoms with Crippen LogP contribution in [0.1, 0.15) is 17.0 Å². The second kappa shape index (κ2) is 4.72. The number of nitrogen functional groups attached to an aromatic ring is 1. The highest BCUT2D eigenvalue weighted by Crippen LogP contribution is 2.33. The van der Waals surface area contributed by atoms with Crippen molar-refractivity contribution in [2.24, 2.45) is 0 Å². The van der Waals surface area contributed by atoms with Crippen LogP contribution in [0, 0.1) is 0 Å². The number of carbonyl (C=O) groups is 1. The van der Waals surface area contributed by atoms with Crippen molar-refractivity contribution >= 4 is 11.9 Å². The van der Waals surface area contributed by atoms with Crippen LogP contribution in [0.3, 0.4) is 0 Å². The smallest absolute Gasteiger partial charge is 0.241 e. The predicted octanol–water partition coefficient (Wildman–Crippen LogP) is 0.316.